The maximum atomic E-state index is 12.3. The molecule has 28 heavy (non-hydrogen) atoms. The normalized spacial score (nSPS) is 10.4. The van der Waals surface area contributed by atoms with Crippen LogP contribution in [-0.2, 0) is 9.53 Å². The molecular weight excluding hydrogens is 364 g/mol. The fourth-order valence-corrected chi connectivity index (χ4v) is 2.41. The molecule has 0 heterocycles. The third-order valence-corrected chi connectivity index (χ3v) is 3.89. The number of hydrogen-bond acceptors (Lipinski definition) is 7. The largest absolute Gasteiger partial charge is 0.497 e. The zero-order chi connectivity index (χ0) is 20.5. The highest BCUT2D eigenvalue weighted by molar-refractivity contribution is 6.01. The molecule has 0 aliphatic heterocycles. The van der Waals surface area contributed by atoms with Crippen LogP contribution in [0, 0.1) is 0 Å². The predicted molar refractivity (Wildman–Crippen MR) is 103 cm³/mol. The van der Waals surface area contributed by atoms with Gasteiger partial charge in [-0.25, -0.2) is 4.79 Å². The van der Waals surface area contributed by atoms with E-state index in [2.05, 4.69) is 0 Å². The van der Waals surface area contributed by atoms with Crippen molar-refractivity contribution in [1.29, 1.82) is 0 Å². The van der Waals surface area contributed by atoms with E-state index in [-0.39, 0.29) is 5.78 Å². The van der Waals surface area contributed by atoms with Crippen molar-refractivity contribution < 1.29 is 33.3 Å². The van der Waals surface area contributed by atoms with E-state index in [4.69, 9.17) is 23.7 Å². The van der Waals surface area contributed by atoms with Crippen LogP contribution in [0.1, 0.15) is 15.9 Å². The van der Waals surface area contributed by atoms with Crippen molar-refractivity contribution >= 4 is 17.8 Å². The minimum Gasteiger partial charge on any atom is -0.497 e. The zero-order valence-corrected chi connectivity index (χ0v) is 16.2. The maximum Gasteiger partial charge on any atom is 0.331 e. The lowest BCUT2D eigenvalue weighted by Crippen LogP contribution is -2.13. The Bertz CT molecular complexity index is 871. The molecule has 148 valence electrons. The van der Waals surface area contributed by atoms with Crippen molar-refractivity contribution in [1.82, 2.24) is 0 Å². The Labute approximate surface area is 163 Å². The Morgan fingerprint density at radius 1 is 0.821 bits per heavy atom. The molecular formula is C21H22O7. The summed E-state index contributed by atoms with van der Waals surface area (Å²) in [6, 6.07) is 9.97. The Morgan fingerprint density at radius 2 is 1.43 bits per heavy atom. The zero-order valence-electron chi connectivity index (χ0n) is 16.2. The summed E-state index contributed by atoms with van der Waals surface area (Å²) in [6.07, 6.45) is 2.77. The van der Waals surface area contributed by atoms with Crippen LogP contribution in [0.4, 0.5) is 0 Å². The predicted octanol–water partition coefficient (Wildman–Crippen LogP) is 3.16. The van der Waals surface area contributed by atoms with Gasteiger partial charge in [0, 0.05) is 23.8 Å². The molecule has 0 N–H and O–H groups in total. The average Bonchev–Trinajstić information content (AvgIpc) is 2.75. The molecule has 0 radical (unpaired) electrons. The molecule has 2 aromatic carbocycles. The first kappa shape index (κ1) is 20.8. The van der Waals surface area contributed by atoms with E-state index < -0.39 is 12.6 Å². The molecule has 0 saturated carbocycles. The van der Waals surface area contributed by atoms with Crippen LogP contribution in [0.2, 0.25) is 0 Å². The van der Waals surface area contributed by atoms with E-state index in [0.29, 0.717) is 34.1 Å². The van der Waals surface area contributed by atoms with Crippen LogP contribution in [0.25, 0.3) is 6.08 Å². The Balaban J connectivity index is 2.01. The number of benzene rings is 2. The lowest BCUT2D eigenvalue weighted by atomic mass is 10.1. The first-order chi connectivity index (χ1) is 13.5. The molecule has 7 heteroatoms. The molecule has 0 unspecified atom stereocenters. The SMILES string of the molecule is COc1ccc(C=CC(=O)OCC(=O)c2ccc(OC)cc2OC)c(OC)c1. The highest BCUT2D eigenvalue weighted by atomic mass is 16.5. The quantitative estimate of drug-likeness (QED) is 0.372. The van der Waals surface area contributed by atoms with Crippen molar-refractivity contribution in [2.45, 2.75) is 0 Å². The molecule has 7 nitrogen and oxygen atoms in total. The van der Waals surface area contributed by atoms with Crippen LogP contribution in [0.5, 0.6) is 23.0 Å². The summed E-state index contributed by atoms with van der Waals surface area (Å²) in [5, 5.41) is 0. The minimum absolute atomic E-state index is 0.303. The highest BCUT2D eigenvalue weighted by Crippen LogP contribution is 2.26. The summed E-state index contributed by atoms with van der Waals surface area (Å²) >= 11 is 0. The number of ketones is 1. The van der Waals surface area contributed by atoms with Crippen LogP contribution >= 0.6 is 0 Å². The number of methoxy groups -OCH3 is 4. The summed E-state index contributed by atoms with van der Waals surface area (Å²) in [6.45, 7) is -0.411. The van der Waals surface area contributed by atoms with Crippen LogP contribution in [0.3, 0.4) is 0 Å². The van der Waals surface area contributed by atoms with E-state index in [0.717, 1.165) is 0 Å². The lowest BCUT2D eigenvalue weighted by molar-refractivity contribution is -0.136. The van der Waals surface area contributed by atoms with Gasteiger partial charge in [-0.05, 0) is 30.3 Å². The molecule has 0 bridgehead atoms. The van der Waals surface area contributed by atoms with Crippen molar-refractivity contribution in [2.75, 3.05) is 35.0 Å². The van der Waals surface area contributed by atoms with Crippen molar-refractivity contribution in [3.05, 3.63) is 53.6 Å². The molecule has 0 atom stereocenters. The van der Waals surface area contributed by atoms with E-state index in [1.807, 2.05) is 0 Å². The molecule has 0 fully saturated rings. The van der Waals surface area contributed by atoms with Gasteiger partial charge in [-0.15, -0.1) is 0 Å². The maximum absolute atomic E-state index is 12.3. The van der Waals surface area contributed by atoms with Gasteiger partial charge in [-0.2, -0.15) is 0 Å². The van der Waals surface area contributed by atoms with E-state index in [9.17, 15) is 9.59 Å². The molecule has 0 amide bonds. The van der Waals surface area contributed by atoms with Crippen molar-refractivity contribution in [3.8, 4) is 23.0 Å². The number of carbonyl (C=O) groups excluding carboxylic acids is 2. The number of carbonyl (C=O) groups is 2. The minimum atomic E-state index is -0.654. The van der Waals surface area contributed by atoms with E-state index in [1.165, 1.54) is 27.4 Å². The van der Waals surface area contributed by atoms with Gasteiger partial charge in [-0.1, -0.05) is 0 Å². The van der Waals surface area contributed by atoms with Crippen LogP contribution in [-0.4, -0.2) is 46.8 Å². The van der Waals surface area contributed by atoms with Gasteiger partial charge < -0.3 is 23.7 Å². The van der Waals surface area contributed by atoms with Crippen molar-refractivity contribution in [3.63, 3.8) is 0 Å². The number of ether oxygens (including phenoxy) is 5. The van der Waals surface area contributed by atoms with E-state index >= 15 is 0 Å². The summed E-state index contributed by atoms with van der Waals surface area (Å²) in [5.41, 5.74) is 0.973. The topological polar surface area (TPSA) is 80.3 Å². The fourth-order valence-electron chi connectivity index (χ4n) is 2.41. The number of Topliss-reactive ketones (excluding diaryl/α,β-unsaturated/α-hetero) is 1. The summed E-state index contributed by atoms with van der Waals surface area (Å²) in [5.74, 6) is 1.04. The van der Waals surface area contributed by atoms with Crippen LogP contribution < -0.4 is 18.9 Å². The Hall–Kier alpha value is -3.48. The molecule has 0 aromatic heterocycles. The summed E-state index contributed by atoms with van der Waals surface area (Å²) in [4.78, 5) is 24.3. The first-order valence-electron chi connectivity index (χ1n) is 8.34. The van der Waals surface area contributed by atoms with Gasteiger partial charge >= 0.3 is 5.97 Å². The molecule has 2 rings (SSSR count). The first-order valence-corrected chi connectivity index (χ1v) is 8.34. The second kappa shape index (κ2) is 10.0. The third kappa shape index (κ3) is 5.26. The number of hydrogen-bond donors (Lipinski definition) is 0. The molecule has 0 spiro atoms. The standard InChI is InChI=1S/C21H22O7/c1-24-15-7-5-14(19(11-15)26-3)6-10-21(23)28-13-18(22)17-9-8-16(25-2)12-20(17)27-4/h5-12H,13H2,1-4H3. The average molecular weight is 386 g/mol. The Morgan fingerprint density at radius 3 is 2.04 bits per heavy atom. The fraction of sp³-hybridized carbons (Fsp3) is 0.238. The number of rotatable bonds is 9. The van der Waals surface area contributed by atoms with Gasteiger partial charge in [0.1, 0.15) is 23.0 Å². The second-order valence-corrected chi connectivity index (χ2v) is 5.54. The van der Waals surface area contributed by atoms with Gasteiger partial charge in [-0.3, -0.25) is 4.79 Å². The summed E-state index contributed by atoms with van der Waals surface area (Å²) < 4.78 is 25.7. The van der Waals surface area contributed by atoms with Crippen LogP contribution in [0.15, 0.2) is 42.5 Å². The molecule has 2 aromatic rings. The molecule has 0 saturated heterocycles. The highest BCUT2D eigenvalue weighted by Gasteiger charge is 2.15. The van der Waals surface area contributed by atoms with E-state index in [1.54, 1.807) is 49.6 Å². The third-order valence-electron chi connectivity index (χ3n) is 3.89. The monoisotopic (exact) mass is 386 g/mol. The number of esters is 1. The van der Waals surface area contributed by atoms with Gasteiger partial charge in [0.05, 0.1) is 34.0 Å². The van der Waals surface area contributed by atoms with Gasteiger partial charge in [0.15, 0.2) is 6.61 Å². The molecule has 0 aliphatic rings. The van der Waals surface area contributed by atoms with Crippen molar-refractivity contribution in [2.24, 2.45) is 0 Å². The Kier molecular flexibility index (Phi) is 7.45. The van der Waals surface area contributed by atoms with Gasteiger partial charge in [0.25, 0.3) is 0 Å². The summed E-state index contributed by atoms with van der Waals surface area (Å²) in [7, 11) is 6.03. The van der Waals surface area contributed by atoms with Gasteiger partial charge in [0.2, 0.25) is 5.78 Å². The smallest absolute Gasteiger partial charge is 0.331 e. The lowest BCUT2D eigenvalue weighted by Gasteiger charge is -2.09. The molecule has 0 aliphatic carbocycles. The second-order valence-electron chi connectivity index (χ2n) is 5.54.